The van der Waals surface area contributed by atoms with Crippen LogP contribution >= 0.6 is 0 Å². The average molecular weight is 170 g/mol. The molecule has 1 heterocycles. The number of hydrogen-bond donors (Lipinski definition) is 0. The molecule has 1 heteroatoms. The van der Waals surface area contributed by atoms with Crippen molar-refractivity contribution >= 4 is 0 Å². The highest BCUT2D eigenvalue weighted by Gasteiger charge is 2.33. The predicted molar refractivity (Wildman–Crippen MR) is 52.2 cm³/mol. The molecule has 0 N–H and O–H groups in total. The molecule has 0 aliphatic carbocycles. The largest absolute Gasteiger partial charge is 0.378 e. The lowest BCUT2D eigenvalue weighted by Crippen LogP contribution is -2.38. The van der Waals surface area contributed by atoms with E-state index >= 15 is 0 Å². The van der Waals surface area contributed by atoms with Gasteiger partial charge in [0, 0.05) is 0 Å². The average Bonchev–Trinajstić information content (AvgIpc) is 1.98. The molecule has 0 radical (unpaired) electrons. The van der Waals surface area contributed by atoms with Gasteiger partial charge < -0.3 is 4.74 Å². The Labute approximate surface area is 76.5 Å². The standard InChI is InChI=1S/C11H22O/c1-5-6-10-7-9(2)11(3,4)8-12-10/h9-10H,5-8H2,1-4H3/t9-,10+/m0/s1. The molecule has 12 heavy (non-hydrogen) atoms. The number of hydrogen-bond acceptors (Lipinski definition) is 1. The maximum Gasteiger partial charge on any atom is 0.0578 e. The van der Waals surface area contributed by atoms with Crippen molar-refractivity contribution in [3.05, 3.63) is 0 Å². The summed E-state index contributed by atoms with van der Waals surface area (Å²) in [7, 11) is 0. The number of rotatable bonds is 2. The first-order valence-corrected chi connectivity index (χ1v) is 5.18. The van der Waals surface area contributed by atoms with Gasteiger partial charge in [0.2, 0.25) is 0 Å². The van der Waals surface area contributed by atoms with Crippen LogP contribution in [0.3, 0.4) is 0 Å². The van der Waals surface area contributed by atoms with Crippen LogP contribution in [-0.2, 0) is 4.74 Å². The summed E-state index contributed by atoms with van der Waals surface area (Å²) < 4.78 is 5.80. The Morgan fingerprint density at radius 3 is 2.58 bits per heavy atom. The van der Waals surface area contributed by atoms with E-state index in [0.717, 1.165) is 12.5 Å². The molecular formula is C11H22O. The van der Waals surface area contributed by atoms with Gasteiger partial charge in [-0.25, -0.2) is 0 Å². The zero-order valence-corrected chi connectivity index (χ0v) is 8.89. The van der Waals surface area contributed by atoms with E-state index in [-0.39, 0.29) is 0 Å². The molecule has 0 aromatic carbocycles. The molecule has 0 saturated carbocycles. The molecule has 1 rings (SSSR count). The van der Waals surface area contributed by atoms with E-state index in [2.05, 4.69) is 27.7 Å². The summed E-state index contributed by atoms with van der Waals surface area (Å²) in [6.45, 7) is 10.1. The van der Waals surface area contributed by atoms with Crippen LogP contribution < -0.4 is 0 Å². The molecule has 1 nitrogen and oxygen atoms in total. The fourth-order valence-corrected chi connectivity index (χ4v) is 1.78. The van der Waals surface area contributed by atoms with Crippen molar-refractivity contribution < 1.29 is 4.74 Å². The summed E-state index contributed by atoms with van der Waals surface area (Å²) >= 11 is 0. The van der Waals surface area contributed by atoms with Gasteiger partial charge in [0.05, 0.1) is 12.7 Å². The normalized spacial score (nSPS) is 35.0. The van der Waals surface area contributed by atoms with Crippen LogP contribution in [0.25, 0.3) is 0 Å². The van der Waals surface area contributed by atoms with Gasteiger partial charge in [-0.2, -0.15) is 0 Å². The maximum absolute atomic E-state index is 5.80. The summed E-state index contributed by atoms with van der Waals surface area (Å²) in [6.07, 6.45) is 4.28. The molecule has 72 valence electrons. The molecule has 0 aromatic rings. The van der Waals surface area contributed by atoms with Crippen molar-refractivity contribution in [2.75, 3.05) is 6.61 Å². The SMILES string of the molecule is CCC[C@@H]1C[C@H](C)C(C)(C)CO1. The summed E-state index contributed by atoms with van der Waals surface area (Å²) in [5, 5.41) is 0. The second kappa shape index (κ2) is 3.78. The van der Waals surface area contributed by atoms with Crippen LogP contribution in [0.5, 0.6) is 0 Å². The van der Waals surface area contributed by atoms with Crippen LogP contribution in [0.15, 0.2) is 0 Å². The van der Waals surface area contributed by atoms with E-state index in [4.69, 9.17) is 4.74 Å². The lowest BCUT2D eigenvalue weighted by Gasteiger charge is -2.40. The molecule has 0 amide bonds. The van der Waals surface area contributed by atoms with Gasteiger partial charge in [-0.05, 0) is 24.2 Å². The lowest BCUT2D eigenvalue weighted by molar-refractivity contribution is -0.0818. The van der Waals surface area contributed by atoms with Crippen molar-refractivity contribution in [1.82, 2.24) is 0 Å². The summed E-state index contributed by atoms with van der Waals surface area (Å²) in [4.78, 5) is 0. The highest BCUT2D eigenvalue weighted by molar-refractivity contribution is 4.82. The quantitative estimate of drug-likeness (QED) is 0.618. The highest BCUT2D eigenvalue weighted by Crippen LogP contribution is 2.36. The predicted octanol–water partition coefficient (Wildman–Crippen LogP) is 3.24. The first-order chi connectivity index (χ1) is 5.56. The zero-order chi connectivity index (χ0) is 9.19. The van der Waals surface area contributed by atoms with Crippen molar-refractivity contribution in [2.45, 2.75) is 53.1 Å². The van der Waals surface area contributed by atoms with Crippen LogP contribution in [0.1, 0.15) is 47.0 Å². The van der Waals surface area contributed by atoms with Crippen LogP contribution in [-0.4, -0.2) is 12.7 Å². The van der Waals surface area contributed by atoms with E-state index in [9.17, 15) is 0 Å². The van der Waals surface area contributed by atoms with Crippen LogP contribution in [0.4, 0.5) is 0 Å². The minimum absolute atomic E-state index is 0.393. The van der Waals surface area contributed by atoms with Gasteiger partial charge in [-0.15, -0.1) is 0 Å². The molecule has 1 fully saturated rings. The van der Waals surface area contributed by atoms with E-state index in [1.165, 1.54) is 19.3 Å². The molecule has 0 spiro atoms. The molecule has 0 aromatic heterocycles. The molecule has 1 saturated heterocycles. The smallest absolute Gasteiger partial charge is 0.0578 e. The molecule has 1 aliphatic heterocycles. The molecule has 0 unspecified atom stereocenters. The Hall–Kier alpha value is -0.0400. The summed E-state index contributed by atoms with van der Waals surface area (Å²) in [5.74, 6) is 0.808. The van der Waals surface area contributed by atoms with Crippen molar-refractivity contribution in [1.29, 1.82) is 0 Å². The second-order valence-corrected chi connectivity index (χ2v) is 4.85. The van der Waals surface area contributed by atoms with Crippen molar-refractivity contribution in [2.24, 2.45) is 11.3 Å². The third kappa shape index (κ3) is 2.22. The second-order valence-electron chi connectivity index (χ2n) is 4.85. The molecule has 2 atom stereocenters. The Morgan fingerprint density at radius 2 is 2.08 bits per heavy atom. The third-order valence-electron chi connectivity index (χ3n) is 3.25. The first-order valence-electron chi connectivity index (χ1n) is 5.18. The Bertz CT molecular complexity index is 140. The van der Waals surface area contributed by atoms with Crippen LogP contribution in [0, 0.1) is 11.3 Å². The fourth-order valence-electron chi connectivity index (χ4n) is 1.78. The molecular weight excluding hydrogens is 148 g/mol. The van der Waals surface area contributed by atoms with Crippen LogP contribution in [0.2, 0.25) is 0 Å². The monoisotopic (exact) mass is 170 g/mol. The molecule has 0 bridgehead atoms. The van der Waals surface area contributed by atoms with E-state index in [1.54, 1.807) is 0 Å². The number of ether oxygens (including phenoxy) is 1. The van der Waals surface area contributed by atoms with Gasteiger partial charge in [0.1, 0.15) is 0 Å². The Balaban J connectivity index is 2.41. The fraction of sp³-hybridized carbons (Fsp3) is 1.00. The topological polar surface area (TPSA) is 9.23 Å². The van der Waals surface area contributed by atoms with Crippen molar-refractivity contribution in [3.63, 3.8) is 0 Å². The van der Waals surface area contributed by atoms with E-state index in [1.807, 2.05) is 0 Å². The minimum atomic E-state index is 0.393. The van der Waals surface area contributed by atoms with Crippen molar-refractivity contribution in [3.8, 4) is 0 Å². The summed E-state index contributed by atoms with van der Waals surface area (Å²) in [6, 6.07) is 0. The van der Waals surface area contributed by atoms with Gasteiger partial charge in [-0.3, -0.25) is 0 Å². The minimum Gasteiger partial charge on any atom is -0.378 e. The highest BCUT2D eigenvalue weighted by atomic mass is 16.5. The summed E-state index contributed by atoms with van der Waals surface area (Å²) in [5.41, 5.74) is 0.393. The lowest BCUT2D eigenvalue weighted by atomic mass is 9.75. The molecule has 1 aliphatic rings. The first kappa shape index (κ1) is 10.0. The van der Waals surface area contributed by atoms with Gasteiger partial charge in [0.25, 0.3) is 0 Å². The van der Waals surface area contributed by atoms with E-state index < -0.39 is 0 Å². The zero-order valence-electron chi connectivity index (χ0n) is 8.89. The van der Waals surface area contributed by atoms with Gasteiger partial charge in [-0.1, -0.05) is 34.1 Å². The Morgan fingerprint density at radius 1 is 1.42 bits per heavy atom. The maximum atomic E-state index is 5.80. The Kier molecular flexibility index (Phi) is 3.16. The van der Waals surface area contributed by atoms with Gasteiger partial charge in [0.15, 0.2) is 0 Å². The van der Waals surface area contributed by atoms with Gasteiger partial charge >= 0.3 is 0 Å². The van der Waals surface area contributed by atoms with E-state index in [0.29, 0.717) is 11.5 Å². The third-order valence-corrected chi connectivity index (χ3v) is 3.25.